The molecule has 1 N–H and O–H groups in total. The molecule has 6 heteroatoms. The molecule has 0 aliphatic heterocycles. The predicted octanol–water partition coefficient (Wildman–Crippen LogP) is 0.925. The van der Waals surface area contributed by atoms with Crippen LogP contribution in [0.25, 0.3) is 11.5 Å². The van der Waals surface area contributed by atoms with E-state index in [-0.39, 0.29) is 5.54 Å². The van der Waals surface area contributed by atoms with Crippen LogP contribution < -0.4 is 5.32 Å². The van der Waals surface area contributed by atoms with E-state index in [1.165, 1.54) is 0 Å². The molecule has 2 rings (SSSR count). The highest BCUT2D eigenvalue weighted by Crippen LogP contribution is 2.20. The molecule has 0 bridgehead atoms. The van der Waals surface area contributed by atoms with Crippen LogP contribution in [0.4, 0.5) is 0 Å². The third kappa shape index (κ3) is 1.83. The number of nitrogens with zero attached hydrogens (tertiary/aromatic N) is 4. The Morgan fingerprint density at radius 1 is 1.44 bits per heavy atom. The Labute approximate surface area is 93.7 Å². The van der Waals surface area contributed by atoms with Gasteiger partial charge in [0.15, 0.2) is 0 Å². The largest absolute Gasteiger partial charge is 0.337 e. The molecule has 0 fully saturated rings. The first kappa shape index (κ1) is 10.8. The van der Waals surface area contributed by atoms with Crippen molar-refractivity contribution in [2.75, 3.05) is 7.05 Å². The summed E-state index contributed by atoms with van der Waals surface area (Å²) in [7, 11) is 3.70. The fraction of sp³-hybridized carbons (Fsp3) is 0.500. The summed E-state index contributed by atoms with van der Waals surface area (Å²) in [5, 5.41) is 11.2. The van der Waals surface area contributed by atoms with Crippen molar-refractivity contribution < 1.29 is 4.52 Å². The van der Waals surface area contributed by atoms with E-state index < -0.39 is 0 Å². The Hall–Kier alpha value is -1.69. The van der Waals surface area contributed by atoms with Crippen molar-refractivity contribution in [2.24, 2.45) is 7.05 Å². The summed E-state index contributed by atoms with van der Waals surface area (Å²) >= 11 is 0. The maximum absolute atomic E-state index is 5.21. The van der Waals surface area contributed by atoms with E-state index >= 15 is 0 Å². The van der Waals surface area contributed by atoms with Gasteiger partial charge in [-0.1, -0.05) is 5.16 Å². The Morgan fingerprint density at radius 2 is 2.19 bits per heavy atom. The summed E-state index contributed by atoms with van der Waals surface area (Å²) in [5.74, 6) is 1.06. The summed E-state index contributed by atoms with van der Waals surface area (Å²) in [5.41, 5.74) is 0.379. The number of hydrogen-bond donors (Lipinski definition) is 1. The molecule has 0 amide bonds. The SMILES string of the molecule is CNC(C)(C)c1nc(-c2ccn(C)n2)no1. The quantitative estimate of drug-likeness (QED) is 0.834. The maximum Gasteiger partial charge on any atom is 0.246 e. The Morgan fingerprint density at radius 3 is 2.75 bits per heavy atom. The molecule has 0 saturated heterocycles. The van der Waals surface area contributed by atoms with Crippen LogP contribution in [0, 0.1) is 0 Å². The lowest BCUT2D eigenvalue weighted by Gasteiger charge is -2.17. The second kappa shape index (κ2) is 3.71. The Kier molecular flexibility index (Phi) is 2.51. The molecule has 0 atom stereocenters. The van der Waals surface area contributed by atoms with Gasteiger partial charge in [0, 0.05) is 13.2 Å². The van der Waals surface area contributed by atoms with E-state index in [0.717, 1.165) is 0 Å². The van der Waals surface area contributed by atoms with Crippen molar-refractivity contribution in [3.8, 4) is 11.5 Å². The van der Waals surface area contributed by atoms with Crippen LogP contribution in [-0.2, 0) is 12.6 Å². The highest BCUT2D eigenvalue weighted by Gasteiger charge is 2.26. The van der Waals surface area contributed by atoms with Gasteiger partial charge in [0.1, 0.15) is 5.69 Å². The molecular formula is C10H15N5O. The van der Waals surface area contributed by atoms with E-state index in [4.69, 9.17) is 4.52 Å². The van der Waals surface area contributed by atoms with Crippen molar-refractivity contribution in [1.82, 2.24) is 25.2 Å². The lowest BCUT2D eigenvalue weighted by atomic mass is 10.1. The van der Waals surface area contributed by atoms with Crippen molar-refractivity contribution in [3.63, 3.8) is 0 Å². The lowest BCUT2D eigenvalue weighted by Crippen LogP contribution is -2.33. The predicted molar refractivity (Wildman–Crippen MR) is 58.6 cm³/mol. The van der Waals surface area contributed by atoms with E-state index in [9.17, 15) is 0 Å². The molecule has 16 heavy (non-hydrogen) atoms. The highest BCUT2D eigenvalue weighted by molar-refractivity contribution is 5.46. The zero-order chi connectivity index (χ0) is 11.8. The second-order valence-electron chi connectivity index (χ2n) is 4.17. The molecular weight excluding hydrogens is 206 g/mol. The average molecular weight is 221 g/mol. The molecule has 86 valence electrons. The van der Waals surface area contributed by atoms with Crippen LogP contribution >= 0.6 is 0 Å². The number of aryl methyl sites for hydroxylation is 1. The fourth-order valence-corrected chi connectivity index (χ4v) is 1.22. The van der Waals surface area contributed by atoms with Gasteiger partial charge in [0.2, 0.25) is 11.7 Å². The third-order valence-electron chi connectivity index (χ3n) is 2.53. The summed E-state index contributed by atoms with van der Waals surface area (Å²) < 4.78 is 6.91. The molecule has 2 heterocycles. The topological polar surface area (TPSA) is 68.8 Å². The smallest absolute Gasteiger partial charge is 0.246 e. The summed E-state index contributed by atoms with van der Waals surface area (Å²) in [6, 6.07) is 1.85. The number of nitrogens with one attached hydrogen (secondary N) is 1. The van der Waals surface area contributed by atoms with Crippen molar-refractivity contribution in [3.05, 3.63) is 18.2 Å². The minimum Gasteiger partial charge on any atom is -0.337 e. The van der Waals surface area contributed by atoms with Crippen LogP contribution in [0.3, 0.4) is 0 Å². The van der Waals surface area contributed by atoms with Gasteiger partial charge >= 0.3 is 0 Å². The first-order chi connectivity index (χ1) is 7.53. The molecule has 2 aromatic heterocycles. The summed E-state index contributed by atoms with van der Waals surface area (Å²) in [6.45, 7) is 3.95. The normalized spacial score (nSPS) is 12.0. The molecule has 2 aromatic rings. The molecule has 0 aliphatic rings. The number of hydrogen-bond acceptors (Lipinski definition) is 5. The molecule has 0 aromatic carbocycles. The first-order valence-corrected chi connectivity index (χ1v) is 5.06. The van der Waals surface area contributed by atoms with Gasteiger partial charge in [0.05, 0.1) is 5.54 Å². The standard InChI is InChI=1S/C10H15N5O/c1-10(2,11-3)9-12-8(14-16-9)7-5-6-15(4)13-7/h5-6,11H,1-4H3. The van der Waals surface area contributed by atoms with Gasteiger partial charge in [-0.2, -0.15) is 10.1 Å². The third-order valence-corrected chi connectivity index (χ3v) is 2.53. The van der Waals surface area contributed by atoms with Crippen LogP contribution in [0.1, 0.15) is 19.7 Å². The second-order valence-corrected chi connectivity index (χ2v) is 4.17. The zero-order valence-corrected chi connectivity index (χ0v) is 9.85. The zero-order valence-electron chi connectivity index (χ0n) is 9.85. The monoisotopic (exact) mass is 221 g/mol. The van der Waals surface area contributed by atoms with Gasteiger partial charge in [0.25, 0.3) is 0 Å². The first-order valence-electron chi connectivity index (χ1n) is 5.06. The molecule has 0 unspecified atom stereocenters. The van der Waals surface area contributed by atoms with Gasteiger partial charge in [-0.25, -0.2) is 0 Å². The Bertz CT molecular complexity index is 485. The minimum absolute atomic E-state index is 0.333. The van der Waals surface area contributed by atoms with E-state index in [1.807, 2.05) is 40.2 Å². The molecule has 0 spiro atoms. The molecule has 0 radical (unpaired) electrons. The van der Waals surface area contributed by atoms with Crippen LogP contribution in [0.15, 0.2) is 16.8 Å². The van der Waals surface area contributed by atoms with Crippen LogP contribution in [0.5, 0.6) is 0 Å². The minimum atomic E-state index is -0.333. The Balaban J connectivity index is 2.33. The van der Waals surface area contributed by atoms with Crippen molar-refractivity contribution in [2.45, 2.75) is 19.4 Å². The van der Waals surface area contributed by atoms with Gasteiger partial charge in [-0.3, -0.25) is 4.68 Å². The van der Waals surface area contributed by atoms with E-state index in [1.54, 1.807) is 4.68 Å². The lowest BCUT2D eigenvalue weighted by molar-refractivity contribution is 0.281. The fourth-order valence-electron chi connectivity index (χ4n) is 1.22. The highest BCUT2D eigenvalue weighted by atomic mass is 16.5. The van der Waals surface area contributed by atoms with Gasteiger partial charge in [-0.05, 0) is 27.0 Å². The van der Waals surface area contributed by atoms with Gasteiger partial charge < -0.3 is 9.84 Å². The van der Waals surface area contributed by atoms with Crippen molar-refractivity contribution >= 4 is 0 Å². The summed E-state index contributed by atoms with van der Waals surface area (Å²) in [4.78, 5) is 4.32. The summed E-state index contributed by atoms with van der Waals surface area (Å²) in [6.07, 6.45) is 1.84. The van der Waals surface area contributed by atoms with Crippen molar-refractivity contribution in [1.29, 1.82) is 0 Å². The van der Waals surface area contributed by atoms with E-state index in [2.05, 4.69) is 20.6 Å². The maximum atomic E-state index is 5.21. The molecule has 0 aliphatic carbocycles. The van der Waals surface area contributed by atoms with Gasteiger partial charge in [-0.15, -0.1) is 0 Å². The average Bonchev–Trinajstić information content (AvgIpc) is 2.85. The molecule has 0 saturated carbocycles. The van der Waals surface area contributed by atoms with Crippen LogP contribution in [0.2, 0.25) is 0 Å². The molecule has 6 nitrogen and oxygen atoms in total. The number of rotatable bonds is 3. The van der Waals surface area contributed by atoms with E-state index in [0.29, 0.717) is 17.4 Å². The van der Waals surface area contributed by atoms with Crippen LogP contribution in [-0.4, -0.2) is 27.0 Å². The number of aromatic nitrogens is 4.